The number of nitrogens with zero attached hydrogens (tertiary/aromatic N) is 2. The molecule has 0 bridgehead atoms. The van der Waals surface area contributed by atoms with Crippen LogP contribution < -0.4 is 11.1 Å². The minimum atomic E-state index is -1.55. The number of halogens is 3. The number of hydrogen-bond acceptors (Lipinski definition) is 4. The van der Waals surface area contributed by atoms with E-state index in [4.69, 9.17) is 5.73 Å². The Morgan fingerprint density at radius 3 is 2.48 bits per heavy atom. The second-order valence-electron chi connectivity index (χ2n) is 4.30. The van der Waals surface area contributed by atoms with Crippen LogP contribution in [0.4, 0.5) is 30.6 Å². The molecule has 0 fully saturated rings. The van der Waals surface area contributed by atoms with Gasteiger partial charge in [-0.15, -0.1) is 0 Å². The van der Waals surface area contributed by atoms with Crippen LogP contribution in [0.15, 0.2) is 36.4 Å². The highest BCUT2D eigenvalue weighted by Crippen LogP contribution is 2.27. The molecular weight excluding hydrogens is 281 g/mol. The average molecular weight is 290 g/mol. The van der Waals surface area contributed by atoms with Crippen LogP contribution in [0.5, 0.6) is 0 Å². The quantitative estimate of drug-likeness (QED) is 0.710. The molecule has 3 aromatic rings. The summed E-state index contributed by atoms with van der Waals surface area (Å²) < 4.78 is 39.9. The van der Waals surface area contributed by atoms with Crippen LogP contribution in [0.25, 0.3) is 10.9 Å². The van der Waals surface area contributed by atoms with Crippen molar-refractivity contribution < 1.29 is 13.2 Å². The fourth-order valence-electron chi connectivity index (χ4n) is 1.94. The SMILES string of the molecule is Nc1nc(Nc2ccc(F)c(F)c2F)c2ccccc2n1. The number of nitrogen functional groups attached to an aromatic ring is 1. The summed E-state index contributed by atoms with van der Waals surface area (Å²) in [6.45, 7) is 0. The maximum absolute atomic E-state index is 13.7. The Balaban J connectivity index is 2.12. The Hall–Kier alpha value is -2.83. The maximum atomic E-state index is 13.7. The second-order valence-corrected chi connectivity index (χ2v) is 4.30. The predicted octanol–water partition coefficient (Wildman–Crippen LogP) is 3.37. The van der Waals surface area contributed by atoms with E-state index in [0.717, 1.165) is 12.1 Å². The summed E-state index contributed by atoms with van der Waals surface area (Å²) in [5.74, 6) is -3.94. The van der Waals surface area contributed by atoms with Gasteiger partial charge in [0.1, 0.15) is 5.82 Å². The molecule has 0 aliphatic heterocycles. The first kappa shape index (κ1) is 13.2. The van der Waals surface area contributed by atoms with Gasteiger partial charge in [-0.25, -0.2) is 18.2 Å². The van der Waals surface area contributed by atoms with Crippen molar-refractivity contribution >= 4 is 28.4 Å². The van der Waals surface area contributed by atoms with Gasteiger partial charge in [0.05, 0.1) is 11.2 Å². The summed E-state index contributed by atoms with van der Waals surface area (Å²) in [5, 5.41) is 3.19. The molecule has 2 aromatic carbocycles. The van der Waals surface area contributed by atoms with Gasteiger partial charge in [-0.05, 0) is 24.3 Å². The smallest absolute Gasteiger partial charge is 0.222 e. The van der Waals surface area contributed by atoms with E-state index < -0.39 is 17.5 Å². The van der Waals surface area contributed by atoms with Crippen molar-refractivity contribution in [1.82, 2.24) is 9.97 Å². The molecule has 0 saturated carbocycles. The van der Waals surface area contributed by atoms with Gasteiger partial charge < -0.3 is 11.1 Å². The molecule has 3 N–H and O–H groups in total. The number of nitrogens with one attached hydrogen (secondary N) is 1. The molecule has 7 heteroatoms. The summed E-state index contributed by atoms with van der Waals surface area (Å²) in [6, 6.07) is 8.83. The van der Waals surface area contributed by atoms with E-state index in [1.807, 2.05) is 0 Å². The van der Waals surface area contributed by atoms with E-state index in [9.17, 15) is 13.2 Å². The average Bonchev–Trinajstić information content (AvgIpc) is 2.47. The third kappa shape index (κ3) is 2.33. The van der Waals surface area contributed by atoms with Crippen LogP contribution in [0.3, 0.4) is 0 Å². The number of aromatic nitrogens is 2. The van der Waals surface area contributed by atoms with E-state index in [1.165, 1.54) is 0 Å². The maximum Gasteiger partial charge on any atom is 0.222 e. The Labute approximate surface area is 117 Å². The van der Waals surface area contributed by atoms with Crippen molar-refractivity contribution in [2.24, 2.45) is 0 Å². The van der Waals surface area contributed by atoms with Crippen LogP contribution in [-0.4, -0.2) is 9.97 Å². The van der Waals surface area contributed by atoms with Crippen LogP contribution in [0.1, 0.15) is 0 Å². The molecular formula is C14H9F3N4. The zero-order chi connectivity index (χ0) is 15.0. The molecule has 0 atom stereocenters. The van der Waals surface area contributed by atoms with Crippen LogP contribution >= 0.6 is 0 Å². The molecule has 4 nitrogen and oxygen atoms in total. The van der Waals surface area contributed by atoms with E-state index in [-0.39, 0.29) is 17.5 Å². The molecule has 3 rings (SSSR count). The van der Waals surface area contributed by atoms with Crippen molar-refractivity contribution in [3.05, 3.63) is 53.8 Å². The number of benzene rings is 2. The lowest BCUT2D eigenvalue weighted by molar-refractivity contribution is 0.449. The summed E-state index contributed by atoms with van der Waals surface area (Å²) in [7, 11) is 0. The Morgan fingerprint density at radius 2 is 1.67 bits per heavy atom. The fraction of sp³-hybridized carbons (Fsp3) is 0. The molecule has 1 heterocycles. The van der Waals surface area contributed by atoms with Crippen LogP contribution in [-0.2, 0) is 0 Å². The minimum absolute atomic E-state index is 0.0146. The highest BCUT2D eigenvalue weighted by molar-refractivity contribution is 5.91. The highest BCUT2D eigenvalue weighted by Gasteiger charge is 2.15. The predicted molar refractivity (Wildman–Crippen MR) is 73.5 cm³/mol. The first-order valence-electron chi connectivity index (χ1n) is 5.99. The van der Waals surface area contributed by atoms with E-state index >= 15 is 0 Å². The van der Waals surface area contributed by atoms with Gasteiger partial charge in [0.15, 0.2) is 17.5 Å². The Morgan fingerprint density at radius 1 is 0.905 bits per heavy atom. The summed E-state index contributed by atoms with van der Waals surface area (Å²) >= 11 is 0. The molecule has 0 radical (unpaired) electrons. The first-order valence-corrected chi connectivity index (χ1v) is 5.99. The number of hydrogen-bond donors (Lipinski definition) is 2. The van der Waals surface area contributed by atoms with Gasteiger partial charge in [0.25, 0.3) is 0 Å². The molecule has 0 aliphatic carbocycles. The second kappa shape index (κ2) is 4.93. The number of para-hydroxylation sites is 1. The molecule has 0 aliphatic rings. The largest absolute Gasteiger partial charge is 0.368 e. The van der Waals surface area contributed by atoms with Crippen molar-refractivity contribution in [3.63, 3.8) is 0 Å². The summed E-state index contributed by atoms with van der Waals surface area (Å²) in [4.78, 5) is 7.99. The molecule has 0 unspecified atom stereocenters. The normalized spacial score (nSPS) is 10.8. The van der Waals surface area contributed by atoms with Crippen molar-refractivity contribution in [2.45, 2.75) is 0 Å². The number of anilines is 3. The number of fused-ring (bicyclic) bond motifs is 1. The lowest BCUT2D eigenvalue weighted by Gasteiger charge is -2.10. The zero-order valence-electron chi connectivity index (χ0n) is 10.6. The van der Waals surface area contributed by atoms with Gasteiger partial charge in [0.2, 0.25) is 5.95 Å². The Bertz CT molecular complexity index is 836. The first-order chi connectivity index (χ1) is 10.1. The van der Waals surface area contributed by atoms with Gasteiger partial charge in [0, 0.05) is 5.39 Å². The minimum Gasteiger partial charge on any atom is -0.368 e. The summed E-state index contributed by atoms with van der Waals surface area (Å²) in [5.41, 5.74) is 5.89. The van der Waals surface area contributed by atoms with Crippen LogP contribution in [0, 0.1) is 17.5 Å². The fourth-order valence-corrected chi connectivity index (χ4v) is 1.94. The third-order valence-electron chi connectivity index (χ3n) is 2.91. The summed E-state index contributed by atoms with van der Waals surface area (Å²) in [6.07, 6.45) is 0. The highest BCUT2D eigenvalue weighted by atomic mass is 19.2. The molecule has 0 amide bonds. The standard InChI is InChI=1S/C14H9F3N4/c15-8-5-6-10(12(17)11(8)16)19-13-7-3-1-2-4-9(7)20-14(18)21-13/h1-6H,(H3,18,19,20,21). The van der Waals surface area contributed by atoms with E-state index in [2.05, 4.69) is 15.3 Å². The number of nitrogens with two attached hydrogens (primary N) is 1. The van der Waals surface area contributed by atoms with Crippen molar-refractivity contribution in [3.8, 4) is 0 Å². The molecule has 0 spiro atoms. The van der Waals surface area contributed by atoms with Crippen molar-refractivity contribution in [2.75, 3.05) is 11.1 Å². The molecule has 106 valence electrons. The molecule has 21 heavy (non-hydrogen) atoms. The van der Waals surface area contributed by atoms with Gasteiger partial charge in [-0.3, -0.25) is 0 Å². The van der Waals surface area contributed by atoms with E-state index in [1.54, 1.807) is 24.3 Å². The van der Waals surface area contributed by atoms with Gasteiger partial charge in [-0.2, -0.15) is 4.98 Å². The lowest BCUT2D eigenvalue weighted by Crippen LogP contribution is -2.04. The molecule has 0 saturated heterocycles. The number of rotatable bonds is 2. The van der Waals surface area contributed by atoms with E-state index in [0.29, 0.717) is 10.9 Å². The Kier molecular flexibility index (Phi) is 3.09. The van der Waals surface area contributed by atoms with Gasteiger partial charge in [-0.1, -0.05) is 12.1 Å². The van der Waals surface area contributed by atoms with Crippen molar-refractivity contribution in [1.29, 1.82) is 0 Å². The monoisotopic (exact) mass is 290 g/mol. The molecule has 1 aromatic heterocycles. The van der Waals surface area contributed by atoms with Crippen LogP contribution in [0.2, 0.25) is 0 Å². The van der Waals surface area contributed by atoms with Gasteiger partial charge >= 0.3 is 0 Å². The lowest BCUT2D eigenvalue weighted by atomic mass is 10.2. The topological polar surface area (TPSA) is 63.8 Å². The third-order valence-corrected chi connectivity index (χ3v) is 2.91. The zero-order valence-corrected chi connectivity index (χ0v) is 10.6.